The van der Waals surface area contributed by atoms with E-state index >= 15 is 0 Å². The quantitative estimate of drug-likeness (QED) is 0.325. The van der Waals surface area contributed by atoms with Crippen molar-refractivity contribution in [1.82, 2.24) is 15.3 Å². The fourth-order valence-electron chi connectivity index (χ4n) is 1.86. The SMILES string of the molecule is C[C@@H](Sc1nc(N)cc(=O)[nH]1)C(=O)NCC(=O)Nc1ccc(F)c(F)c1F. The lowest BCUT2D eigenvalue weighted by Gasteiger charge is -2.12. The first-order chi connectivity index (χ1) is 12.7. The second kappa shape index (κ2) is 8.58. The molecule has 0 aliphatic heterocycles. The van der Waals surface area contributed by atoms with Gasteiger partial charge in [0.25, 0.3) is 5.56 Å². The third kappa shape index (κ3) is 5.48. The Kier molecular flexibility index (Phi) is 6.45. The standard InChI is InChI=1S/C15H14F3N5O3S/c1-6(27-15-22-9(19)4-10(24)23-15)14(26)20-5-11(25)21-8-3-2-7(16)12(17)13(8)18/h2-4,6H,5H2,1H3,(H,20,26)(H,21,25)(H3,19,22,23,24)/t6-/m1/s1. The summed E-state index contributed by atoms with van der Waals surface area (Å²) < 4.78 is 39.4. The number of rotatable bonds is 6. The summed E-state index contributed by atoms with van der Waals surface area (Å²) in [7, 11) is 0. The van der Waals surface area contributed by atoms with Crippen LogP contribution in [0.2, 0.25) is 0 Å². The van der Waals surface area contributed by atoms with Crippen molar-refractivity contribution in [2.45, 2.75) is 17.3 Å². The van der Waals surface area contributed by atoms with Gasteiger partial charge in [0.05, 0.1) is 17.5 Å². The Bertz CT molecular complexity index is 937. The number of nitrogen functional groups attached to an aromatic ring is 1. The molecule has 0 unspecified atom stereocenters. The number of nitrogens with two attached hydrogens (primary N) is 1. The molecule has 1 aromatic heterocycles. The largest absolute Gasteiger partial charge is 0.383 e. The van der Waals surface area contributed by atoms with Crippen LogP contribution in [0.5, 0.6) is 0 Å². The molecule has 0 bridgehead atoms. The number of aromatic nitrogens is 2. The number of amides is 2. The second-order valence-electron chi connectivity index (χ2n) is 5.22. The molecular formula is C15H14F3N5O3S. The van der Waals surface area contributed by atoms with Crippen molar-refractivity contribution in [1.29, 1.82) is 0 Å². The zero-order valence-corrected chi connectivity index (χ0v) is 14.6. The zero-order valence-electron chi connectivity index (χ0n) is 13.8. The van der Waals surface area contributed by atoms with Crippen LogP contribution in [0, 0.1) is 17.5 Å². The summed E-state index contributed by atoms with van der Waals surface area (Å²) in [5.74, 6) is -6.09. The predicted molar refractivity (Wildman–Crippen MR) is 92.5 cm³/mol. The van der Waals surface area contributed by atoms with Gasteiger partial charge in [0.1, 0.15) is 5.82 Å². The van der Waals surface area contributed by atoms with Crippen LogP contribution in [-0.4, -0.2) is 33.6 Å². The monoisotopic (exact) mass is 401 g/mol. The van der Waals surface area contributed by atoms with E-state index < -0.39 is 52.3 Å². The Morgan fingerprint density at radius 1 is 1.30 bits per heavy atom. The maximum absolute atomic E-state index is 13.5. The third-order valence-electron chi connectivity index (χ3n) is 3.13. The predicted octanol–water partition coefficient (Wildman–Crippen LogP) is 1.00. The van der Waals surface area contributed by atoms with Crippen LogP contribution in [0.3, 0.4) is 0 Å². The van der Waals surface area contributed by atoms with E-state index in [1.54, 1.807) is 0 Å². The number of benzene rings is 1. The van der Waals surface area contributed by atoms with Gasteiger partial charge in [-0.3, -0.25) is 14.4 Å². The molecule has 0 aliphatic rings. The third-order valence-corrected chi connectivity index (χ3v) is 4.11. The number of nitrogens with zero attached hydrogens (tertiary/aromatic N) is 1. The molecule has 1 heterocycles. The lowest BCUT2D eigenvalue weighted by atomic mass is 10.2. The Morgan fingerprint density at radius 2 is 2.00 bits per heavy atom. The number of hydrogen-bond acceptors (Lipinski definition) is 6. The van der Waals surface area contributed by atoms with Crippen LogP contribution in [0.15, 0.2) is 28.2 Å². The van der Waals surface area contributed by atoms with E-state index in [9.17, 15) is 27.6 Å². The summed E-state index contributed by atoms with van der Waals surface area (Å²) in [6.07, 6.45) is 0. The molecule has 2 amide bonds. The van der Waals surface area contributed by atoms with E-state index in [1.165, 1.54) is 6.92 Å². The molecule has 27 heavy (non-hydrogen) atoms. The number of carbonyl (C=O) groups is 2. The van der Waals surface area contributed by atoms with Gasteiger partial charge in [0.15, 0.2) is 22.6 Å². The number of anilines is 2. The number of thioether (sulfide) groups is 1. The van der Waals surface area contributed by atoms with E-state index in [-0.39, 0.29) is 11.0 Å². The summed E-state index contributed by atoms with van der Waals surface area (Å²) in [5.41, 5.74) is 4.40. The second-order valence-corrected chi connectivity index (χ2v) is 6.55. The molecule has 1 atom stereocenters. The molecule has 0 spiro atoms. The molecule has 0 fully saturated rings. The number of nitrogens with one attached hydrogen (secondary N) is 3. The van der Waals surface area contributed by atoms with Crippen molar-refractivity contribution < 1.29 is 22.8 Å². The Hall–Kier alpha value is -3.02. The van der Waals surface area contributed by atoms with Crippen molar-refractivity contribution in [3.63, 3.8) is 0 Å². The molecule has 0 saturated heterocycles. The van der Waals surface area contributed by atoms with Gasteiger partial charge in [-0.25, -0.2) is 18.2 Å². The van der Waals surface area contributed by atoms with Crippen molar-refractivity contribution in [3.05, 3.63) is 46.0 Å². The van der Waals surface area contributed by atoms with Crippen molar-refractivity contribution in [2.75, 3.05) is 17.6 Å². The molecule has 2 aromatic rings. The maximum atomic E-state index is 13.5. The van der Waals surface area contributed by atoms with Gasteiger partial charge < -0.3 is 21.4 Å². The number of H-pyrrole nitrogens is 1. The fourth-order valence-corrected chi connectivity index (χ4v) is 2.70. The minimum Gasteiger partial charge on any atom is -0.383 e. The van der Waals surface area contributed by atoms with Gasteiger partial charge in [0.2, 0.25) is 11.8 Å². The van der Waals surface area contributed by atoms with Gasteiger partial charge >= 0.3 is 0 Å². The van der Waals surface area contributed by atoms with Gasteiger partial charge in [-0.05, 0) is 19.1 Å². The van der Waals surface area contributed by atoms with Crippen molar-refractivity contribution >= 4 is 35.1 Å². The number of hydrogen-bond donors (Lipinski definition) is 4. The first kappa shape index (κ1) is 20.3. The first-order valence-electron chi connectivity index (χ1n) is 7.42. The number of halogens is 3. The summed E-state index contributed by atoms with van der Waals surface area (Å²) in [4.78, 5) is 41.3. The lowest BCUT2D eigenvalue weighted by molar-refractivity contribution is -0.123. The Morgan fingerprint density at radius 3 is 2.67 bits per heavy atom. The topological polar surface area (TPSA) is 130 Å². The highest BCUT2D eigenvalue weighted by Crippen LogP contribution is 2.20. The average molecular weight is 401 g/mol. The molecule has 1 aromatic carbocycles. The van der Waals surface area contributed by atoms with Crippen molar-refractivity contribution in [2.24, 2.45) is 0 Å². The number of aromatic amines is 1. The van der Waals surface area contributed by atoms with Crippen LogP contribution in [-0.2, 0) is 9.59 Å². The average Bonchev–Trinajstić information content (AvgIpc) is 2.59. The summed E-state index contributed by atoms with van der Waals surface area (Å²) in [6, 6.07) is 2.59. The highest BCUT2D eigenvalue weighted by molar-refractivity contribution is 8.00. The minimum atomic E-state index is -1.72. The zero-order chi connectivity index (χ0) is 20.1. The molecule has 2 rings (SSSR count). The molecule has 0 aliphatic carbocycles. The van der Waals surface area contributed by atoms with Crippen LogP contribution in [0.4, 0.5) is 24.7 Å². The molecule has 0 radical (unpaired) electrons. The summed E-state index contributed by atoms with van der Waals surface area (Å²) in [5, 5.41) is 3.68. The van der Waals surface area contributed by atoms with Gasteiger partial charge in [-0.1, -0.05) is 11.8 Å². The Labute approximate surface area is 154 Å². The van der Waals surface area contributed by atoms with E-state index in [4.69, 9.17) is 5.73 Å². The highest BCUT2D eigenvalue weighted by atomic mass is 32.2. The maximum Gasteiger partial charge on any atom is 0.253 e. The van der Waals surface area contributed by atoms with E-state index in [1.807, 2.05) is 5.32 Å². The van der Waals surface area contributed by atoms with E-state index in [0.29, 0.717) is 6.07 Å². The smallest absolute Gasteiger partial charge is 0.253 e. The number of carbonyl (C=O) groups excluding carboxylic acids is 2. The minimum absolute atomic E-state index is 0.0122. The summed E-state index contributed by atoms with van der Waals surface area (Å²) >= 11 is 0.900. The van der Waals surface area contributed by atoms with Crippen LogP contribution < -0.4 is 21.9 Å². The van der Waals surface area contributed by atoms with E-state index in [0.717, 1.165) is 23.9 Å². The fraction of sp³-hybridized carbons (Fsp3) is 0.200. The molecule has 5 N–H and O–H groups in total. The van der Waals surface area contributed by atoms with Crippen molar-refractivity contribution in [3.8, 4) is 0 Å². The molecule has 144 valence electrons. The lowest BCUT2D eigenvalue weighted by Crippen LogP contribution is -2.37. The Balaban J connectivity index is 1.89. The highest BCUT2D eigenvalue weighted by Gasteiger charge is 2.18. The molecular weight excluding hydrogens is 387 g/mol. The molecule has 0 saturated carbocycles. The van der Waals surface area contributed by atoms with Gasteiger partial charge in [-0.15, -0.1) is 0 Å². The summed E-state index contributed by atoms with van der Waals surface area (Å²) in [6.45, 7) is 0.957. The van der Waals surface area contributed by atoms with E-state index in [2.05, 4.69) is 15.3 Å². The first-order valence-corrected chi connectivity index (χ1v) is 8.30. The molecule has 12 heteroatoms. The van der Waals surface area contributed by atoms with Crippen LogP contribution >= 0.6 is 11.8 Å². The van der Waals surface area contributed by atoms with Crippen LogP contribution in [0.1, 0.15) is 6.92 Å². The van der Waals surface area contributed by atoms with Gasteiger partial charge in [-0.2, -0.15) is 0 Å². The normalized spacial score (nSPS) is 11.7. The van der Waals surface area contributed by atoms with Crippen LogP contribution in [0.25, 0.3) is 0 Å². The molecule has 8 nitrogen and oxygen atoms in total. The van der Waals surface area contributed by atoms with Gasteiger partial charge in [0, 0.05) is 6.07 Å².